The van der Waals surface area contributed by atoms with Crippen molar-refractivity contribution in [1.82, 2.24) is 14.9 Å². The van der Waals surface area contributed by atoms with Crippen molar-refractivity contribution in [3.05, 3.63) is 53.9 Å². The summed E-state index contributed by atoms with van der Waals surface area (Å²) in [5.74, 6) is -0.885. The predicted molar refractivity (Wildman–Crippen MR) is 69.9 cm³/mol. The largest absolute Gasteiger partial charge is 0.416 e. The van der Waals surface area contributed by atoms with Gasteiger partial charge in [-0.05, 0) is 30.7 Å². The molecule has 7 heteroatoms. The Morgan fingerprint density at radius 3 is 2.67 bits per heavy atom. The van der Waals surface area contributed by atoms with Gasteiger partial charge in [-0.25, -0.2) is 9.37 Å². The molecule has 1 heterocycles. The standard InChI is InChI=1S/C14H15F4N3/c1-10(8-21-3-2-19-9-21)20-7-11-4-12(14(16,17)18)6-13(15)5-11/h2-6,9-10,20H,7-8H2,1H3. The van der Waals surface area contributed by atoms with E-state index < -0.39 is 17.6 Å². The molecule has 2 rings (SSSR count). The third kappa shape index (κ3) is 4.56. The van der Waals surface area contributed by atoms with Crippen LogP contribution in [-0.2, 0) is 19.3 Å². The van der Waals surface area contributed by atoms with Gasteiger partial charge in [0, 0.05) is 31.5 Å². The lowest BCUT2D eigenvalue weighted by atomic mass is 10.1. The van der Waals surface area contributed by atoms with Crippen molar-refractivity contribution in [1.29, 1.82) is 0 Å². The van der Waals surface area contributed by atoms with Gasteiger partial charge in [-0.1, -0.05) is 0 Å². The normalized spacial score (nSPS) is 13.4. The highest BCUT2D eigenvalue weighted by atomic mass is 19.4. The minimum atomic E-state index is -4.54. The maximum atomic E-state index is 13.2. The Labute approximate surface area is 119 Å². The third-order valence-electron chi connectivity index (χ3n) is 2.98. The van der Waals surface area contributed by atoms with E-state index in [0.717, 1.165) is 12.1 Å². The van der Waals surface area contributed by atoms with Crippen LogP contribution in [0.3, 0.4) is 0 Å². The lowest BCUT2D eigenvalue weighted by Gasteiger charge is -2.15. The fourth-order valence-electron chi connectivity index (χ4n) is 1.98. The van der Waals surface area contributed by atoms with E-state index in [2.05, 4.69) is 10.3 Å². The number of halogens is 4. The summed E-state index contributed by atoms with van der Waals surface area (Å²) in [5, 5.41) is 3.06. The second-order valence-corrected chi connectivity index (χ2v) is 4.89. The summed E-state index contributed by atoms with van der Waals surface area (Å²) < 4.78 is 52.9. The molecule has 0 aliphatic rings. The maximum Gasteiger partial charge on any atom is 0.416 e. The van der Waals surface area contributed by atoms with E-state index in [-0.39, 0.29) is 18.2 Å². The summed E-state index contributed by atoms with van der Waals surface area (Å²) in [6.07, 6.45) is 0.554. The molecule has 0 aliphatic heterocycles. The van der Waals surface area contributed by atoms with Crippen LogP contribution < -0.4 is 5.32 Å². The Bertz CT molecular complexity index is 578. The van der Waals surface area contributed by atoms with Crippen LogP contribution >= 0.6 is 0 Å². The summed E-state index contributed by atoms with van der Waals surface area (Å²) in [4.78, 5) is 3.90. The zero-order valence-electron chi connectivity index (χ0n) is 11.4. The second kappa shape index (κ2) is 6.26. The number of nitrogens with one attached hydrogen (secondary N) is 1. The predicted octanol–water partition coefficient (Wildman–Crippen LogP) is 3.22. The SMILES string of the molecule is CC(Cn1ccnc1)NCc1cc(F)cc(C(F)(F)F)c1. The summed E-state index contributed by atoms with van der Waals surface area (Å²) >= 11 is 0. The monoisotopic (exact) mass is 301 g/mol. The summed E-state index contributed by atoms with van der Waals surface area (Å²) in [5.41, 5.74) is -0.707. The van der Waals surface area contributed by atoms with Crippen LogP contribution in [-0.4, -0.2) is 15.6 Å². The van der Waals surface area contributed by atoms with Crippen molar-refractivity contribution in [2.24, 2.45) is 0 Å². The van der Waals surface area contributed by atoms with E-state index >= 15 is 0 Å². The van der Waals surface area contributed by atoms with Crippen LogP contribution in [0.2, 0.25) is 0 Å². The molecular formula is C14H15F4N3. The molecule has 1 N–H and O–H groups in total. The quantitative estimate of drug-likeness (QED) is 0.859. The van der Waals surface area contributed by atoms with E-state index in [9.17, 15) is 17.6 Å². The van der Waals surface area contributed by atoms with E-state index in [0.29, 0.717) is 12.6 Å². The Kier molecular flexibility index (Phi) is 4.62. The molecule has 114 valence electrons. The maximum absolute atomic E-state index is 13.2. The molecule has 0 aliphatic carbocycles. The highest BCUT2D eigenvalue weighted by Gasteiger charge is 2.31. The average Bonchev–Trinajstić information content (AvgIpc) is 2.87. The number of benzene rings is 1. The lowest BCUT2D eigenvalue weighted by Crippen LogP contribution is -2.29. The first kappa shape index (κ1) is 15.5. The van der Waals surface area contributed by atoms with Crippen LogP contribution in [0.5, 0.6) is 0 Å². The van der Waals surface area contributed by atoms with Gasteiger partial charge in [-0.2, -0.15) is 13.2 Å². The van der Waals surface area contributed by atoms with E-state index in [1.165, 1.54) is 0 Å². The minimum absolute atomic E-state index is 0.0109. The topological polar surface area (TPSA) is 29.9 Å². The van der Waals surface area contributed by atoms with Crippen molar-refractivity contribution in [3.8, 4) is 0 Å². The van der Waals surface area contributed by atoms with Gasteiger partial charge < -0.3 is 9.88 Å². The molecular weight excluding hydrogens is 286 g/mol. The molecule has 1 atom stereocenters. The zero-order valence-corrected chi connectivity index (χ0v) is 11.4. The van der Waals surface area contributed by atoms with Gasteiger partial charge in [0.1, 0.15) is 5.82 Å². The minimum Gasteiger partial charge on any atom is -0.336 e. The Morgan fingerprint density at radius 2 is 2.05 bits per heavy atom. The highest BCUT2D eigenvalue weighted by Crippen LogP contribution is 2.30. The van der Waals surface area contributed by atoms with E-state index in [4.69, 9.17) is 0 Å². The van der Waals surface area contributed by atoms with Crippen LogP contribution in [0.4, 0.5) is 17.6 Å². The van der Waals surface area contributed by atoms with Gasteiger partial charge in [0.2, 0.25) is 0 Å². The molecule has 0 amide bonds. The zero-order chi connectivity index (χ0) is 15.5. The molecule has 2 aromatic rings. The molecule has 1 aromatic carbocycles. The van der Waals surface area contributed by atoms with Crippen LogP contribution in [0.25, 0.3) is 0 Å². The van der Waals surface area contributed by atoms with Gasteiger partial charge >= 0.3 is 6.18 Å². The third-order valence-corrected chi connectivity index (χ3v) is 2.98. The summed E-state index contributed by atoms with van der Waals surface area (Å²) in [6.45, 7) is 2.68. The molecule has 0 saturated carbocycles. The fraction of sp³-hybridized carbons (Fsp3) is 0.357. The van der Waals surface area contributed by atoms with E-state index in [1.54, 1.807) is 18.7 Å². The molecule has 1 aromatic heterocycles. The molecule has 0 saturated heterocycles. The average molecular weight is 301 g/mol. The number of hydrogen-bond acceptors (Lipinski definition) is 2. The first-order chi connectivity index (χ1) is 9.84. The number of alkyl halides is 3. The summed E-state index contributed by atoms with van der Waals surface area (Å²) in [7, 11) is 0. The first-order valence-corrected chi connectivity index (χ1v) is 6.40. The number of rotatable bonds is 5. The second-order valence-electron chi connectivity index (χ2n) is 4.89. The Hall–Kier alpha value is -1.89. The van der Waals surface area contributed by atoms with Crippen LogP contribution in [0.1, 0.15) is 18.1 Å². The number of hydrogen-bond donors (Lipinski definition) is 1. The Balaban J connectivity index is 1.98. The molecule has 3 nitrogen and oxygen atoms in total. The van der Waals surface area contributed by atoms with Gasteiger partial charge in [-0.15, -0.1) is 0 Å². The molecule has 1 unspecified atom stereocenters. The molecule has 0 bridgehead atoms. The smallest absolute Gasteiger partial charge is 0.336 e. The fourth-order valence-corrected chi connectivity index (χ4v) is 1.98. The van der Waals surface area contributed by atoms with E-state index in [1.807, 2.05) is 11.5 Å². The highest BCUT2D eigenvalue weighted by molar-refractivity contribution is 5.26. The van der Waals surface area contributed by atoms with Gasteiger partial charge in [0.25, 0.3) is 0 Å². The number of imidazole rings is 1. The first-order valence-electron chi connectivity index (χ1n) is 6.40. The summed E-state index contributed by atoms with van der Waals surface area (Å²) in [6, 6.07) is 2.57. The molecule has 0 radical (unpaired) electrons. The van der Waals surface area contributed by atoms with Crippen molar-refractivity contribution in [3.63, 3.8) is 0 Å². The van der Waals surface area contributed by atoms with Crippen molar-refractivity contribution in [2.45, 2.75) is 32.2 Å². The molecule has 0 spiro atoms. The van der Waals surface area contributed by atoms with Crippen LogP contribution in [0, 0.1) is 5.82 Å². The number of aromatic nitrogens is 2. The van der Waals surface area contributed by atoms with Crippen LogP contribution in [0.15, 0.2) is 36.9 Å². The lowest BCUT2D eigenvalue weighted by molar-refractivity contribution is -0.137. The molecule has 21 heavy (non-hydrogen) atoms. The van der Waals surface area contributed by atoms with Gasteiger partial charge in [-0.3, -0.25) is 0 Å². The van der Waals surface area contributed by atoms with Crippen molar-refractivity contribution >= 4 is 0 Å². The number of nitrogens with zero attached hydrogens (tertiary/aromatic N) is 2. The van der Waals surface area contributed by atoms with Crippen molar-refractivity contribution in [2.75, 3.05) is 0 Å². The van der Waals surface area contributed by atoms with Gasteiger partial charge in [0.05, 0.1) is 11.9 Å². The molecule has 0 fully saturated rings. The van der Waals surface area contributed by atoms with Crippen molar-refractivity contribution < 1.29 is 17.6 Å². The van der Waals surface area contributed by atoms with Gasteiger partial charge in [0.15, 0.2) is 0 Å². The Morgan fingerprint density at radius 1 is 1.29 bits per heavy atom.